The van der Waals surface area contributed by atoms with Crippen LogP contribution in [0.1, 0.15) is 56.1 Å². The van der Waals surface area contributed by atoms with Crippen molar-refractivity contribution < 1.29 is 19.1 Å². The first kappa shape index (κ1) is 21.5. The molecule has 0 aliphatic heterocycles. The summed E-state index contributed by atoms with van der Waals surface area (Å²) in [5.41, 5.74) is 3.07. The maximum absolute atomic E-state index is 12.5. The number of esters is 1. The van der Waals surface area contributed by atoms with Crippen molar-refractivity contribution in [2.24, 2.45) is 0 Å². The van der Waals surface area contributed by atoms with E-state index in [1.807, 2.05) is 31.2 Å². The first-order chi connectivity index (χ1) is 13.1. The molecule has 0 bridgehead atoms. The van der Waals surface area contributed by atoms with E-state index in [4.69, 9.17) is 9.47 Å². The van der Waals surface area contributed by atoms with E-state index in [0.29, 0.717) is 23.6 Å². The van der Waals surface area contributed by atoms with Gasteiger partial charge in [0.1, 0.15) is 5.75 Å². The molecule has 2 aromatic carbocycles. The summed E-state index contributed by atoms with van der Waals surface area (Å²) in [6.07, 6.45) is -0.689. The molecule has 2 aromatic rings. The highest BCUT2D eigenvalue weighted by atomic mass is 16.5. The van der Waals surface area contributed by atoms with E-state index in [2.05, 4.69) is 26.1 Å². The van der Waals surface area contributed by atoms with Crippen LogP contribution < -0.4 is 10.1 Å². The molecule has 5 heteroatoms. The van der Waals surface area contributed by atoms with Crippen molar-refractivity contribution in [2.45, 2.75) is 53.1 Å². The molecule has 0 fully saturated rings. The highest BCUT2D eigenvalue weighted by Crippen LogP contribution is 2.25. The normalized spacial score (nSPS) is 12.2. The minimum Gasteiger partial charge on any atom is -0.481 e. The lowest BCUT2D eigenvalue weighted by Crippen LogP contribution is -2.30. The minimum absolute atomic E-state index is 0.0585. The van der Waals surface area contributed by atoms with Crippen LogP contribution in [0.25, 0.3) is 0 Å². The van der Waals surface area contributed by atoms with Crippen LogP contribution in [0.5, 0.6) is 5.75 Å². The molecule has 0 saturated carbocycles. The Morgan fingerprint density at radius 3 is 2.29 bits per heavy atom. The second kappa shape index (κ2) is 8.91. The van der Waals surface area contributed by atoms with E-state index in [0.717, 1.165) is 5.56 Å². The van der Waals surface area contributed by atoms with Gasteiger partial charge in [-0.1, -0.05) is 39.0 Å². The Labute approximate surface area is 167 Å². The zero-order valence-electron chi connectivity index (χ0n) is 17.5. The van der Waals surface area contributed by atoms with Gasteiger partial charge in [0.15, 0.2) is 6.10 Å². The van der Waals surface area contributed by atoms with E-state index in [1.54, 1.807) is 32.0 Å². The maximum atomic E-state index is 12.5. The van der Waals surface area contributed by atoms with Gasteiger partial charge in [-0.25, -0.2) is 4.79 Å². The van der Waals surface area contributed by atoms with Crippen LogP contribution in [-0.2, 0) is 14.9 Å². The standard InChI is InChI=1S/C23H29NO4/c1-7-27-22(26)17-9-8-15(2)20(14-17)24-21(25)16(3)28-19-12-10-18(11-13-19)23(4,5)6/h8-14,16H,7H2,1-6H3,(H,24,25). The van der Waals surface area contributed by atoms with Crippen molar-refractivity contribution in [3.63, 3.8) is 0 Å². The van der Waals surface area contributed by atoms with E-state index in [-0.39, 0.29) is 11.3 Å². The van der Waals surface area contributed by atoms with Crippen molar-refractivity contribution in [3.8, 4) is 5.75 Å². The van der Waals surface area contributed by atoms with Gasteiger partial charge in [0.2, 0.25) is 0 Å². The summed E-state index contributed by atoms with van der Waals surface area (Å²) in [5.74, 6) is -0.0714. The molecule has 1 atom stereocenters. The zero-order valence-corrected chi connectivity index (χ0v) is 17.5. The number of amides is 1. The molecule has 1 N–H and O–H groups in total. The summed E-state index contributed by atoms with van der Waals surface area (Å²) in [4.78, 5) is 24.5. The second-order valence-corrected chi connectivity index (χ2v) is 7.77. The number of nitrogens with one attached hydrogen (secondary N) is 1. The molecule has 0 aromatic heterocycles. The Morgan fingerprint density at radius 1 is 1.07 bits per heavy atom. The Bertz CT molecular complexity index is 835. The Morgan fingerprint density at radius 2 is 1.71 bits per heavy atom. The summed E-state index contributed by atoms with van der Waals surface area (Å²) < 4.78 is 10.8. The number of hydrogen-bond donors (Lipinski definition) is 1. The summed E-state index contributed by atoms with van der Waals surface area (Å²) in [6.45, 7) is 12.0. The molecule has 150 valence electrons. The van der Waals surface area contributed by atoms with Crippen LogP contribution in [0.2, 0.25) is 0 Å². The van der Waals surface area contributed by atoms with Gasteiger partial charge in [-0.2, -0.15) is 0 Å². The van der Waals surface area contributed by atoms with Crippen LogP contribution in [0.3, 0.4) is 0 Å². The molecule has 28 heavy (non-hydrogen) atoms. The van der Waals surface area contributed by atoms with Gasteiger partial charge in [0.05, 0.1) is 12.2 Å². The topological polar surface area (TPSA) is 64.6 Å². The SMILES string of the molecule is CCOC(=O)c1ccc(C)c(NC(=O)C(C)Oc2ccc(C(C)(C)C)cc2)c1. The summed E-state index contributed by atoms with van der Waals surface area (Å²) >= 11 is 0. The molecule has 0 saturated heterocycles. The predicted octanol–water partition coefficient (Wildman–Crippen LogP) is 4.88. The largest absolute Gasteiger partial charge is 0.481 e. The third-order valence-electron chi connectivity index (χ3n) is 4.41. The molecule has 0 aliphatic carbocycles. The highest BCUT2D eigenvalue weighted by Gasteiger charge is 2.18. The molecule has 0 aliphatic rings. The number of hydrogen-bond acceptors (Lipinski definition) is 4. The van der Waals surface area contributed by atoms with E-state index >= 15 is 0 Å². The maximum Gasteiger partial charge on any atom is 0.338 e. The smallest absolute Gasteiger partial charge is 0.338 e. The Kier molecular flexibility index (Phi) is 6.84. The molecule has 1 unspecified atom stereocenters. The van der Waals surface area contributed by atoms with E-state index < -0.39 is 12.1 Å². The lowest BCUT2D eigenvalue weighted by Gasteiger charge is -2.20. The van der Waals surface area contributed by atoms with Crippen molar-refractivity contribution in [1.82, 2.24) is 0 Å². The first-order valence-electron chi connectivity index (χ1n) is 9.47. The van der Waals surface area contributed by atoms with Crippen molar-refractivity contribution in [2.75, 3.05) is 11.9 Å². The lowest BCUT2D eigenvalue weighted by molar-refractivity contribution is -0.122. The fourth-order valence-electron chi connectivity index (χ4n) is 2.62. The fourth-order valence-corrected chi connectivity index (χ4v) is 2.62. The Balaban J connectivity index is 2.06. The van der Waals surface area contributed by atoms with Crippen molar-refractivity contribution >= 4 is 17.6 Å². The monoisotopic (exact) mass is 383 g/mol. The fraction of sp³-hybridized carbons (Fsp3) is 0.391. The molecule has 0 radical (unpaired) electrons. The minimum atomic E-state index is -0.689. The number of benzene rings is 2. The summed E-state index contributed by atoms with van der Waals surface area (Å²) in [6, 6.07) is 12.8. The zero-order chi connectivity index (χ0) is 20.9. The third-order valence-corrected chi connectivity index (χ3v) is 4.41. The number of carbonyl (C=O) groups is 2. The molecular weight excluding hydrogens is 354 g/mol. The number of anilines is 1. The van der Waals surface area contributed by atoms with Gasteiger partial charge in [0.25, 0.3) is 5.91 Å². The number of ether oxygens (including phenoxy) is 2. The quantitative estimate of drug-likeness (QED) is 0.723. The van der Waals surface area contributed by atoms with E-state index in [9.17, 15) is 9.59 Å². The van der Waals surface area contributed by atoms with Gasteiger partial charge < -0.3 is 14.8 Å². The van der Waals surface area contributed by atoms with Gasteiger partial charge in [-0.15, -0.1) is 0 Å². The summed E-state index contributed by atoms with van der Waals surface area (Å²) in [7, 11) is 0. The Hall–Kier alpha value is -2.82. The average Bonchev–Trinajstić information content (AvgIpc) is 2.63. The third kappa shape index (κ3) is 5.59. The predicted molar refractivity (Wildman–Crippen MR) is 111 cm³/mol. The molecular formula is C23H29NO4. The first-order valence-corrected chi connectivity index (χ1v) is 9.47. The van der Waals surface area contributed by atoms with Crippen LogP contribution in [0, 0.1) is 6.92 Å². The van der Waals surface area contributed by atoms with Gasteiger partial charge in [0, 0.05) is 5.69 Å². The number of rotatable bonds is 6. The van der Waals surface area contributed by atoms with Gasteiger partial charge in [-0.3, -0.25) is 4.79 Å². The number of carbonyl (C=O) groups excluding carboxylic acids is 2. The second-order valence-electron chi connectivity index (χ2n) is 7.77. The van der Waals surface area contributed by atoms with Crippen LogP contribution >= 0.6 is 0 Å². The highest BCUT2D eigenvalue weighted by molar-refractivity contribution is 5.97. The van der Waals surface area contributed by atoms with Gasteiger partial charge >= 0.3 is 5.97 Å². The lowest BCUT2D eigenvalue weighted by atomic mass is 9.87. The molecule has 0 heterocycles. The van der Waals surface area contributed by atoms with Gasteiger partial charge in [-0.05, 0) is 61.6 Å². The summed E-state index contributed by atoms with van der Waals surface area (Å²) in [5, 5.41) is 2.83. The molecule has 5 nitrogen and oxygen atoms in total. The van der Waals surface area contributed by atoms with Crippen LogP contribution in [0.4, 0.5) is 5.69 Å². The molecule has 2 rings (SSSR count). The number of aryl methyl sites for hydroxylation is 1. The van der Waals surface area contributed by atoms with Crippen molar-refractivity contribution in [1.29, 1.82) is 0 Å². The van der Waals surface area contributed by atoms with Crippen LogP contribution in [-0.4, -0.2) is 24.6 Å². The van der Waals surface area contributed by atoms with E-state index in [1.165, 1.54) is 5.56 Å². The van der Waals surface area contributed by atoms with Crippen molar-refractivity contribution in [3.05, 3.63) is 59.2 Å². The molecule has 0 spiro atoms. The average molecular weight is 383 g/mol. The molecule has 1 amide bonds. The van der Waals surface area contributed by atoms with Crippen LogP contribution in [0.15, 0.2) is 42.5 Å².